The Labute approximate surface area is 157 Å². The predicted molar refractivity (Wildman–Crippen MR) is 101 cm³/mol. The van der Waals surface area contributed by atoms with Gasteiger partial charge in [0.2, 0.25) is 5.91 Å². The highest BCUT2D eigenvalue weighted by Crippen LogP contribution is 2.31. The van der Waals surface area contributed by atoms with Crippen LogP contribution in [0.2, 0.25) is 0 Å². The van der Waals surface area contributed by atoms with E-state index in [2.05, 4.69) is 20.9 Å². The fraction of sp³-hybridized carbons (Fsp3) is 0.278. The van der Waals surface area contributed by atoms with E-state index in [4.69, 9.17) is 0 Å². The first kappa shape index (κ1) is 16.8. The van der Waals surface area contributed by atoms with Gasteiger partial charge in [0, 0.05) is 59.9 Å². The van der Waals surface area contributed by atoms with E-state index in [0.29, 0.717) is 13.1 Å². The summed E-state index contributed by atoms with van der Waals surface area (Å²) < 4.78 is 3.27. The number of aromatic amines is 1. The Morgan fingerprint density at radius 2 is 2.08 bits per heavy atom. The minimum Gasteiger partial charge on any atom is -0.357 e. The third-order valence-corrected chi connectivity index (χ3v) is 5.54. The molecule has 0 radical (unpaired) electrons. The Kier molecular flexibility index (Phi) is 4.07. The van der Waals surface area contributed by atoms with Crippen molar-refractivity contribution in [2.24, 2.45) is 7.05 Å². The summed E-state index contributed by atoms with van der Waals surface area (Å²) in [5, 5.41) is 1.10. The monoisotopic (exact) mass is 416 g/mol. The number of amides is 1. The van der Waals surface area contributed by atoms with Gasteiger partial charge in [0.05, 0.1) is 5.52 Å². The van der Waals surface area contributed by atoms with Gasteiger partial charge in [-0.1, -0.05) is 12.1 Å². The molecule has 0 atom stereocenters. The minimum atomic E-state index is -0.487. The summed E-state index contributed by atoms with van der Waals surface area (Å²) in [5.74, 6) is -0.138. The number of H-pyrrole nitrogens is 1. The first-order valence-corrected chi connectivity index (χ1v) is 9.07. The van der Waals surface area contributed by atoms with E-state index in [1.54, 1.807) is 4.90 Å². The Balaban J connectivity index is 1.61. The average molecular weight is 417 g/mol. The van der Waals surface area contributed by atoms with Crippen LogP contribution in [0.5, 0.6) is 0 Å². The highest BCUT2D eigenvalue weighted by atomic mass is 79.9. The van der Waals surface area contributed by atoms with Gasteiger partial charge < -0.3 is 9.88 Å². The van der Waals surface area contributed by atoms with Gasteiger partial charge in [-0.05, 0) is 22.0 Å². The van der Waals surface area contributed by atoms with E-state index in [-0.39, 0.29) is 18.0 Å². The zero-order valence-electron chi connectivity index (χ0n) is 14.2. The summed E-state index contributed by atoms with van der Waals surface area (Å²) in [7, 11) is 1.41. The standard InChI is InChI=1S/C18H17BrN4O3/c1-21-15(24)6-8-23(18(21)26)10-16(25)22-7-5-14-12(9-22)11-3-2-4-13(19)17(11)20-14/h2-4,6,8,20H,5,7,9-10H2,1H3. The molecule has 1 aromatic carbocycles. The molecule has 1 aliphatic heterocycles. The number of nitrogens with one attached hydrogen (secondary N) is 1. The van der Waals surface area contributed by atoms with E-state index >= 15 is 0 Å². The maximum atomic E-state index is 12.7. The zero-order valence-corrected chi connectivity index (χ0v) is 15.7. The third kappa shape index (κ3) is 2.70. The molecule has 1 aliphatic rings. The number of nitrogens with zero attached hydrogens (tertiary/aromatic N) is 3. The average Bonchev–Trinajstić information content (AvgIpc) is 3.01. The summed E-state index contributed by atoms with van der Waals surface area (Å²) >= 11 is 3.55. The smallest absolute Gasteiger partial charge is 0.331 e. The van der Waals surface area contributed by atoms with Crippen molar-refractivity contribution >= 4 is 32.7 Å². The molecule has 8 heteroatoms. The van der Waals surface area contributed by atoms with Crippen LogP contribution >= 0.6 is 15.9 Å². The van der Waals surface area contributed by atoms with Crippen LogP contribution in [0.25, 0.3) is 10.9 Å². The molecule has 3 heterocycles. The number of fused-ring (bicyclic) bond motifs is 3. The number of carbonyl (C=O) groups excluding carboxylic acids is 1. The maximum absolute atomic E-state index is 12.7. The van der Waals surface area contributed by atoms with E-state index in [9.17, 15) is 14.4 Å². The second-order valence-electron chi connectivity index (χ2n) is 6.43. The van der Waals surface area contributed by atoms with Gasteiger partial charge in [-0.25, -0.2) is 4.79 Å². The summed E-state index contributed by atoms with van der Waals surface area (Å²) in [5.41, 5.74) is 2.44. The quantitative estimate of drug-likeness (QED) is 0.684. The normalized spacial score (nSPS) is 13.8. The molecular weight excluding hydrogens is 400 g/mol. The van der Waals surface area contributed by atoms with Crippen molar-refractivity contribution in [1.29, 1.82) is 0 Å². The molecule has 0 bridgehead atoms. The molecule has 0 saturated carbocycles. The van der Waals surface area contributed by atoms with Gasteiger partial charge in [-0.2, -0.15) is 0 Å². The molecular formula is C18H17BrN4O3. The number of benzene rings is 1. The zero-order chi connectivity index (χ0) is 18.4. The van der Waals surface area contributed by atoms with Crippen LogP contribution in [0.3, 0.4) is 0 Å². The fourth-order valence-corrected chi connectivity index (χ4v) is 3.86. The van der Waals surface area contributed by atoms with Gasteiger partial charge in [-0.3, -0.25) is 18.7 Å². The van der Waals surface area contributed by atoms with E-state index in [0.717, 1.165) is 37.6 Å². The Hall–Kier alpha value is -2.61. The molecule has 0 fully saturated rings. The topological polar surface area (TPSA) is 80.1 Å². The minimum absolute atomic E-state index is 0.0751. The highest BCUT2D eigenvalue weighted by molar-refractivity contribution is 9.10. The molecule has 134 valence electrons. The number of rotatable bonds is 2. The summed E-state index contributed by atoms with van der Waals surface area (Å²) in [4.78, 5) is 41.5. The first-order chi connectivity index (χ1) is 12.5. The van der Waals surface area contributed by atoms with Gasteiger partial charge in [0.1, 0.15) is 6.54 Å². The van der Waals surface area contributed by atoms with Gasteiger partial charge in [0.15, 0.2) is 0 Å². The van der Waals surface area contributed by atoms with E-state index < -0.39 is 5.69 Å². The molecule has 0 saturated heterocycles. The molecule has 3 aromatic rings. The van der Waals surface area contributed by atoms with Crippen molar-refractivity contribution in [2.45, 2.75) is 19.5 Å². The van der Waals surface area contributed by atoms with Crippen molar-refractivity contribution in [3.8, 4) is 0 Å². The maximum Gasteiger partial charge on any atom is 0.331 e. The van der Waals surface area contributed by atoms with Crippen molar-refractivity contribution in [1.82, 2.24) is 19.0 Å². The SMILES string of the molecule is Cn1c(=O)ccn(CC(=O)N2CCc3[nH]c4c(Br)cccc4c3C2)c1=O. The molecule has 4 rings (SSSR count). The van der Waals surface area contributed by atoms with Crippen LogP contribution < -0.4 is 11.2 Å². The van der Waals surface area contributed by atoms with Gasteiger partial charge >= 0.3 is 5.69 Å². The first-order valence-electron chi connectivity index (χ1n) is 8.28. The molecule has 0 unspecified atom stereocenters. The van der Waals surface area contributed by atoms with Crippen molar-refractivity contribution in [3.63, 3.8) is 0 Å². The van der Waals surface area contributed by atoms with Crippen LogP contribution in [-0.4, -0.2) is 31.5 Å². The third-order valence-electron chi connectivity index (χ3n) is 4.88. The van der Waals surface area contributed by atoms with Crippen LogP contribution in [0.1, 0.15) is 11.3 Å². The molecule has 0 spiro atoms. The van der Waals surface area contributed by atoms with E-state index in [1.165, 1.54) is 23.9 Å². The number of hydrogen-bond acceptors (Lipinski definition) is 3. The lowest BCUT2D eigenvalue weighted by molar-refractivity contribution is -0.132. The summed E-state index contributed by atoms with van der Waals surface area (Å²) in [6, 6.07) is 7.30. The molecule has 2 aromatic heterocycles. The molecule has 26 heavy (non-hydrogen) atoms. The number of carbonyl (C=O) groups is 1. The molecule has 1 N–H and O–H groups in total. The largest absolute Gasteiger partial charge is 0.357 e. The van der Waals surface area contributed by atoms with Crippen molar-refractivity contribution in [3.05, 3.63) is 67.0 Å². The summed E-state index contributed by atoms with van der Waals surface area (Å²) in [6.45, 7) is 1.02. The lowest BCUT2D eigenvalue weighted by Gasteiger charge is -2.27. The number of halogens is 1. The van der Waals surface area contributed by atoms with Crippen molar-refractivity contribution in [2.75, 3.05) is 6.54 Å². The Bertz CT molecular complexity index is 1140. The van der Waals surface area contributed by atoms with Gasteiger partial charge in [-0.15, -0.1) is 0 Å². The Morgan fingerprint density at radius 1 is 1.27 bits per heavy atom. The van der Waals surface area contributed by atoms with E-state index in [1.807, 2.05) is 18.2 Å². The second kappa shape index (κ2) is 6.28. The second-order valence-corrected chi connectivity index (χ2v) is 7.29. The van der Waals surface area contributed by atoms with Crippen LogP contribution in [0.15, 0.2) is 44.5 Å². The number of para-hydroxylation sites is 1. The summed E-state index contributed by atoms with van der Waals surface area (Å²) in [6.07, 6.45) is 2.12. The number of aromatic nitrogens is 3. The predicted octanol–water partition coefficient (Wildman–Crippen LogP) is 1.38. The molecule has 0 aliphatic carbocycles. The number of hydrogen-bond donors (Lipinski definition) is 1. The highest BCUT2D eigenvalue weighted by Gasteiger charge is 2.24. The van der Waals surface area contributed by atoms with Crippen LogP contribution in [0, 0.1) is 0 Å². The van der Waals surface area contributed by atoms with Crippen LogP contribution in [0.4, 0.5) is 0 Å². The lowest BCUT2D eigenvalue weighted by atomic mass is 10.0. The van der Waals surface area contributed by atoms with Crippen LogP contribution in [-0.2, 0) is 31.4 Å². The van der Waals surface area contributed by atoms with Crippen molar-refractivity contribution < 1.29 is 4.79 Å². The van der Waals surface area contributed by atoms with Gasteiger partial charge in [0.25, 0.3) is 5.56 Å². The molecule has 1 amide bonds. The fourth-order valence-electron chi connectivity index (χ4n) is 3.40. The lowest BCUT2D eigenvalue weighted by Crippen LogP contribution is -2.42. The molecule has 7 nitrogen and oxygen atoms in total. The Morgan fingerprint density at radius 3 is 2.88 bits per heavy atom.